The van der Waals surface area contributed by atoms with Gasteiger partial charge in [-0.05, 0) is 46.3 Å². The second kappa shape index (κ2) is 5.66. The molecule has 1 atom stereocenters. The molecule has 1 amide bonds. The monoisotopic (exact) mass is 347 g/mol. The molecule has 2 heterocycles. The molecule has 3 rings (SSSR count). The van der Waals surface area contributed by atoms with Gasteiger partial charge in [-0.15, -0.1) is 0 Å². The summed E-state index contributed by atoms with van der Waals surface area (Å²) in [6.07, 6.45) is -0.175. The van der Waals surface area contributed by atoms with E-state index >= 15 is 0 Å². The molecule has 1 unspecified atom stereocenters. The van der Waals surface area contributed by atoms with Crippen molar-refractivity contribution in [3.63, 3.8) is 0 Å². The molecule has 5 nitrogen and oxygen atoms in total. The number of anilines is 1. The Kier molecular flexibility index (Phi) is 4.10. The zero-order valence-electron chi connectivity index (χ0n) is 15.1. The van der Waals surface area contributed by atoms with Gasteiger partial charge in [-0.1, -0.05) is 18.2 Å². The van der Waals surface area contributed by atoms with Gasteiger partial charge in [0.25, 0.3) is 5.91 Å². The molecule has 1 fully saturated rings. The first-order chi connectivity index (χ1) is 11.5. The molecule has 0 bridgehead atoms. The van der Waals surface area contributed by atoms with Crippen molar-refractivity contribution in [1.29, 1.82) is 0 Å². The zero-order valence-corrected chi connectivity index (χ0v) is 15.1. The van der Waals surface area contributed by atoms with Crippen LogP contribution in [0.4, 0.5) is 10.1 Å². The molecular formula is C18H23BFNO4. The number of rotatable bonds is 3. The van der Waals surface area contributed by atoms with Crippen LogP contribution in [-0.2, 0) is 19.7 Å². The first kappa shape index (κ1) is 18.1. The predicted octanol–water partition coefficient (Wildman–Crippen LogP) is 3.09. The molecule has 0 aromatic heterocycles. The molecule has 2 N–H and O–H groups in total. The molecule has 134 valence electrons. The van der Waals surface area contributed by atoms with Crippen LogP contribution < -0.4 is 5.32 Å². The number of amides is 1. The SMILES string of the molecule is CC(CC1(O)C(=O)Nc2ccccc21)=C(F)B1OC(C)(C)C(C)(C)O1. The third-order valence-corrected chi connectivity index (χ3v) is 5.39. The Morgan fingerprint density at radius 3 is 2.36 bits per heavy atom. The number of hydrogen-bond donors (Lipinski definition) is 2. The van der Waals surface area contributed by atoms with Crippen LogP contribution in [0.3, 0.4) is 0 Å². The Bertz CT molecular complexity index is 745. The number of fused-ring (bicyclic) bond motifs is 1. The molecule has 0 radical (unpaired) electrons. The Hall–Kier alpha value is -1.70. The van der Waals surface area contributed by atoms with E-state index in [-0.39, 0.29) is 12.0 Å². The Morgan fingerprint density at radius 1 is 1.20 bits per heavy atom. The van der Waals surface area contributed by atoms with Gasteiger partial charge in [-0.2, -0.15) is 0 Å². The molecule has 0 saturated carbocycles. The van der Waals surface area contributed by atoms with E-state index in [1.807, 2.05) is 27.7 Å². The lowest BCUT2D eigenvalue weighted by atomic mass is 9.80. The largest absolute Gasteiger partial charge is 0.525 e. The average Bonchev–Trinajstić information content (AvgIpc) is 2.89. The van der Waals surface area contributed by atoms with Crippen molar-refractivity contribution in [3.8, 4) is 0 Å². The number of benzene rings is 1. The number of hydrogen-bond acceptors (Lipinski definition) is 4. The van der Waals surface area contributed by atoms with Crippen molar-refractivity contribution >= 4 is 18.7 Å². The fraction of sp³-hybridized carbons (Fsp3) is 0.500. The number of carbonyl (C=O) groups is 1. The highest BCUT2D eigenvalue weighted by Crippen LogP contribution is 2.43. The third kappa shape index (κ3) is 2.80. The molecule has 1 aromatic rings. The van der Waals surface area contributed by atoms with Crippen molar-refractivity contribution in [3.05, 3.63) is 41.1 Å². The minimum atomic E-state index is -1.80. The summed E-state index contributed by atoms with van der Waals surface area (Å²) in [5, 5.41) is 13.5. The van der Waals surface area contributed by atoms with Crippen LogP contribution in [0.5, 0.6) is 0 Å². The fourth-order valence-electron chi connectivity index (χ4n) is 3.09. The normalized spacial score (nSPS) is 27.8. The first-order valence-corrected chi connectivity index (χ1v) is 8.32. The van der Waals surface area contributed by atoms with Crippen molar-refractivity contribution in [2.24, 2.45) is 0 Å². The molecule has 25 heavy (non-hydrogen) atoms. The average molecular weight is 347 g/mol. The van der Waals surface area contributed by atoms with Gasteiger partial charge in [0.15, 0.2) is 5.60 Å². The van der Waals surface area contributed by atoms with Crippen molar-refractivity contribution < 1.29 is 23.6 Å². The summed E-state index contributed by atoms with van der Waals surface area (Å²) < 4.78 is 26.3. The molecule has 2 aliphatic heterocycles. The van der Waals surface area contributed by atoms with E-state index in [0.717, 1.165) is 0 Å². The minimum absolute atomic E-state index is 0.175. The van der Waals surface area contributed by atoms with Crippen LogP contribution in [0.1, 0.15) is 46.6 Å². The van der Waals surface area contributed by atoms with E-state index in [0.29, 0.717) is 11.3 Å². The number of aliphatic hydroxyl groups is 1. The number of carbonyl (C=O) groups excluding carboxylic acids is 1. The highest BCUT2D eigenvalue weighted by Gasteiger charge is 2.54. The van der Waals surface area contributed by atoms with Gasteiger partial charge < -0.3 is 19.7 Å². The van der Waals surface area contributed by atoms with Crippen LogP contribution >= 0.6 is 0 Å². The van der Waals surface area contributed by atoms with Gasteiger partial charge in [0.1, 0.15) is 5.73 Å². The van der Waals surface area contributed by atoms with Crippen molar-refractivity contribution in [1.82, 2.24) is 0 Å². The quantitative estimate of drug-likeness (QED) is 0.825. The first-order valence-electron chi connectivity index (χ1n) is 8.32. The van der Waals surface area contributed by atoms with Crippen molar-refractivity contribution in [2.45, 2.75) is 57.8 Å². The van der Waals surface area contributed by atoms with E-state index < -0.39 is 35.6 Å². The van der Waals surface area contributed by atoms with Crippen LogP contribution in [0.2, 0.25) is 0 Å². The Labute approximate surface area is 147 Å². The maximum absolute atomic E-state index is 14.9. The van der Waals surface area contributed by atoms with E-state index in [1.54, 1.807) is 24.3 Å². The molecule has 1 aromatic carbocycles. The topological polar surface area (TPSA) is 67.8 Å². The van der Waals surface area contributed by atoms with Crippen LogP contribution in [0.15, 0.2) is 35.6 Å². The lowest BCUT2D eigenvalue weighted by Gasteiger charge is -2.32. The molecule has 0 spiro atoms. The van der Waals surface area contributed by atoms with Crippen LogP contribution in [-0.4, -0.2) is 29.3 Å². The standard InChI is InChI=1S/C18H23BFNO4/c1-11(14(20)19-24-16(2,3)17(4,5)25-19)10-18(23)12-8-6-7-9-13(12)21-15(18)22/h6-9,23H,10H2,1-5H3,(H,21,22). The maximum Gasteiger partial charge on any atom is 0.525 e. The highest BCUT2D eigenvalue weighted by atomic mass is 19.1. The summed E-state index contributed by atoms with van der Waals surface area (Å²) in [4.78, 5) is 12.3. The summed E-state index contributed by atoms with van der Waals surface area (Å²) in [5.74, 6) is -0.560. The van der Waals surface area contributed by atoms with Gasteiger partial charge >= 0.3 is 7.12 Å². The lowest BCUT2D eigenvalue weighted by molar-refractivity contribution is -0.133. The minimum Gasteiger partial charge on any atom is -0.398 e. The number of para-hydroxylation sites is 1. The van der Waals surface area contributed by atoms with E-state index in [9.17, 15) is 14.3 Å². The second-order valence-corrected chi connectivity index (χ2v) is 7.75. The summed E-state index contributed by atoms with van der Waals surface area (Å²) in [6, 6.07) is 6.86. The predicted molar refractivity (Wildman–Crippen MR) is 93.5 cm³/mol. The summed E-state index contributed by atoms with van der Waals surface area (Å²) in [5.41, 5.74) is -2.54. The Morgan fingerprint density at radius 2 is 1.76 bits per heavy atom. The second-order valence-electron chi connectivity index (χ2n) is 7.75. The molecular weight excluding hydrogens is 324 g/mol. The van der Waals surface area contributed by atoms with E-state index in [2.05, 4.69) is 5.32 Å². The maximum atomic E-state index is 14.9. The summed E-state index contributed by atoms with van der Waals surface area (Å²) >= 11 is 0. The molecule has 2 aliphatic rings. The van der Waals surface area contributed by atoms with Crippen LogP contribution in [0, 0.1) is 0 Å². The zero-order chi connectivity index (χ0) is 18.6. The third-order valence-electron chi connectivity index (χ3n) is 5.39. The smallest absolute Gasteiger partial charge is 0.398 e. The highest BCUT2D eigenvalue weighted by molar-refractivity contribution is 6.53. The van der Waals surface area contributed by atoms with Gasteiger partial charge in [0, 0.05) is 17.7 Å². The summed E-state index contributed by atoms with van der Waals surface area (Å²) in [6.45, 7) is 8.88. The Balaban J connectivity index is 1.88. The molecule has 7 heteroatoms. The van der Waals surface area contributed by atoms with Gasteiger partial charge in [-0.25, -0.2) is 4.39 Å². The number of halogens is 1. The lowest BCUT2D eigenvalue weighted by Crippen LogP contribution is -2.41. The molecule has 1 saturated heterocycles. The summed E-state index contributed by atoms with van der Waals surface area (Å²) in [7, 11) is -1.15. The van der Waals surface area contributed by atoms with Gasteiger partial charge in [-0.3, -0.25) is 4.79 Å². The number of nitrogens with one attached hydrogen (secondary N) is 1. The molecule has 0 aliphatic carbocycles. The van der Waals surface area contributed by atoms with Crippen LogP contribution in [0.25, 0.3) is 0 Å². The van der Waals surface area contributed by atoms with Crippen molar-refractivity contribution in [2.75, 3.05) is 5.32 Å². The van der Waals surface area contributed by atoms with E-state index in [4.69, 9.17) is 9.31 Å². The van der Waals surface area contributed by atoms with Gasteiger partial charge in [0.2, 0.25) is 0 Å². The van der Waals surface area contributed by atoms with E-state index in [1.165, 1.54) is 6.92 Å². The van der Waals surface area contributed by atoms with Gasteiger partial charge in [0.05, 0.1) is 11.2 Å². The fourth-order valence-corrected chi connectivity index (χ4v) is 3.09.